The number of benzene rings is 2. The van der Waals surface area contributed by atoms with Crippen LogP contribution in [0.1, 0.15) is 22.5 Å². The molecule has 8 heteroatoms. The van der Waals surface area contributed by atoms with Crippen LogP contribution in [0, 0.1) is 29.0 Å². The molecule has 6 nitrogen and oxygen atoms in total. The molecule has 2 aromatic carbocycles. The van der Waals surface area contributed by atoms with Crippen LogP contribution in [-0.2, 0) is 101 Å². The Kier molecular flexibility index (Phi) is 15.1. The third-order valence-corrected chi connectivity index (χ3v) is 7.26. The number of para-hydroxylation sites is 2. The molecule has 0 fully saturated rings. The van der Waals surface area contributed by atoms with Crippen LogP contribution in [0.2, 0.25) is 0 Å². The molecule has 4 aromatic rings. The molecule has 2 aliphatic heterocycles. The minimum Gasteiger partial charge on any atom is -0.554 e. The zero-order valence-electron chi connectivity index (χ0n) is 23.3. The average molecular weight is 666 g/mol. The number of aromatic nitrogens is 2. The minimum absolute atomic E-state index is 0. The first-order chi connectivity index (χ1) is 16.6. The first kappa shape index (κ1) is 35.6. The first-order valence-electron chi connectivity index (χ1n) is 11.9. The molecule has 2 aliphatic rings. The van der Waals surface area contributed by atoms with Gasteiger partial charge in [-0.1, -0.05) is 36.4 Å². The van der Waals surface area contributed by atoms with Crippen molar-refractivity contribution in [2.24, 2.45) is 0 Å². The van der Waals surface area contributed by atoms with E-state index in [1.54, 1.807) is 7.11 Å². The normalized spacial score (nSPS) is 18.5. The van der Waals surface area contributed by atoms with E-state index in [9.17, 15) is 0 Å². The van der Waals surface area contributed by atoms with E-state index in [4.69, 9.17) is 9.47 Å². The monoisotopic (exact) mass is 666 g/mol. The Labute approximate surface area is 279 Å². The Balaban J connectivity index is 0.000000344. The molecule has 2 atom stereocenters. The number of likely N-dealkylation sites (N-methyl/N-ethyl adjacent to an activating group) is 1. The molecule has 2 N–H and O–H groups in total. The van der Waals surface area contributed by atoms with Crippen LogP contribution in [0.25, 0.3) is 21.8 Å². The van der Waals surface area contributed by atoms with Crippen LogP contribution in [0.4, 0.5) is 0 Å². The fourth-order valence-corrected chi connectivity index (χ4v) is 5.39. The van der Waals surface area contributed by atoms with Gasteiger partial charge in [0, 0.05) is 138 Å². The van der Waals surface area contributed by atoms with Crippen molar-refractivity contribution >= 4 is 21.8 Å². The summed E-state index contributed by atoms with van der Waals surface area (Å²) in [4.78, 5) is 11.4. The van der Waals surface area contributed by atoms with E-state index in [0.29, 0.717) is 18.7 Å². The molecule has 202 valence electrons. The van der Waals surface area contributed by atoms with E-state index >= 15 is 0 Å². The number of methoxy groups -OCH3 is 1. The number of fused-ring (bicyclic) bond motifs is 6. The minimum atomic E-state index is 0. The molecular formula is C30H40N4O2Y2-4. The van der Waals surface area contributed by atoms with Gasteiger partial charge in [0.25, 0.3) is 0 Å². The Morgan fingerprint density at radius 2 is 1.32 bits per heavy atom. The second-order valence-corrected chi connectivity index (χ2v) is 9.46. The number of rotatable bonds is 4. The maximum absolute atomic E-state index is 5.26. The summed E-state index contributed by atoms with van der Waals surface area (Å²) in [5.74, 6) is 0. The van der Waals surface area contributed by atoms with E-state index < -0.39 is 0 Å². The summed E-state index contributed by atoms with van der Waals surface area (Å²) in [6, 6.07) is 17.8. The third-order valence-electron chi connectivity index (χ3n) is 7.26. The summed E-state index contributed by atoms with van der Waals surface area (Å²) >= 11 is 0. The van der Waals surface area contributed by atoms with Crippen molar-refractivity contribution in [3.8, 4) is 0 Å². The molecule has 4 heterocycles. The van der Waals surface area contributed by atoms with Crippen LogP contribution in [0.5, 0.6) is 0 Å². The molecule has 0 amide bonds. The van der Waals surface area contributed by atoms with Crippen molar-refractivity contribution in [2.45, 2.75) is 38.0 Å². The SMILES string of the molecule is [CH2-]N1Cc2[nH]c3ccccc3c2CC1COC.[CH2-]OCC1Cc2c([nH]c3ccccc23)CN1C.[CH3-].[CH3-].[Y].[Y]. The van der Waals surface area contributed by atoms with Gasteiger partial charge in [-0.2, -0.15) is 0 Å². The summed E-state index contributed by atoms with van der Waals surface area (Å²) in [5, 5.41) is 2.70. The van der Waals surface area contributed by atoms with E-state index in [1.807, 2.05) is 0 Å². The van der Waals surface area contributed by atoms with Gasteiger partial charge in [0.05, 0.1) is 6.61 Å². The molecule has 0 bridgehead atoms. The second-order valence-electron chi connectivity index (χ2n) is 9.46. The van der Waals surface area contributed by atoms with Gasteiger partial charge in [-0.25, -0.2) is 7.11 Å². The number of hydrogen-bond acceptors (Lipinski definition) is 4. The number of ether oxygens (including phenoxy) is 2. The molecule has 0 aliphatic carbocycles. The van der Waals surface area contributed by atoms with Crippen molar-refractivity contribution in [1.82, 2.24) is 19.8 Å². The van der Waals surface area contributed by atoms with Gasteiger partial charge in [-0.05, 0) is 43.1 Å². The number of aromatic amines is 2. The Morgan fingerprint density at radius 1 is 0.816 bits per heavy atom. The molecule has 2 radical (unpaired) electrons. The standard InChI is InChI=1S/2C14H17N2O.2CH3.2Y/c2*1-16-8-14-12(7-10(16)9-17-2)11-5-3-4-6-13(11)15-14;;;;/h3-6,10,15H,2,7-9H2,1H3;3-6,10,15H,1,7-9H2,2H3;2*1H3;;/q4*-1;;. The van der Waals surface area contributed by atoms with Gasteiger partial charge < -0.3 is 39.2 Å². The number of hydrogen-bond donors (Lipinski definition) is 2. The zero-order chi connectivity index (χ0) is 23.7. The number of nitrogens with zero attached hydrogens (tertiary/aromatic N) is 2. The van der Waals surface area contributed by atoms with Gasteiger partial charge >= 0.3 is 0 Å². The van der Waals surface area contributed by atoms with Crippen LogP contribution >= 0.6 is 0 Å². The third kappa shape index (κ3) is 7.44. The fraction of sp³-hybridized carbons (Fsp3) is 0.333. The van der Waals surface area contributed by atoms with E-state index in [1.165, 1.54) is 44.3 Å². The predicted molar refractivity (Wildman–Crippen MR) is 150 cm³/mol. The van der Waals surface area contributed by atoms with Crippen molar-refractivity contribution in [2.75, 3.05) is 27.4 Å². The van der Waals surface area contributed by atoms with Crippen molar-refractivity contribution < 1.29 is 74.9 Å². The number of H-pyrrole nitrogens is 2. The van der Waals surface area contributed by atoms with E-state index in [0.717, 1.165) is 32.5 Å². The molecular weight excluding hydrogens is 626 g/mol. The van der Waals surface area contributed by atoms with Gasteiger partial charge in [-0.3, -0.25) is 11.9 Å². The predicted octanol–water partition coefficient (Wildman–Crippen LogP) is 5.56. The van der Waals surface area contributed by atoms with E-state index in [2.05, 4.69) is 89.5 Å². The molecule has 0 saturated carbocycles. The quantitative estimate of drug-likeness (QED) is 0.281. The maximum Gasteiger partial charge on any atom is 0.0597 e. The summed E-state index contributed by atoms with van der Waals surface area (Å²) in [6.45, 7) is 3.26. The van der Waals surface area contributed by atoms with Crippen LogP contribution < -0.4 is 0 Å². The average Bonchev–Trinajstić information content (AvgIpc) is 3.37. The molecule has 0 spiro atoms. The van der Waals surface area contributed by atoms with Crippen molar-refractivity contribution in [3.05, 3.63) is 100 Å². The van der Waals surface area contributed by atoms with E-state index in [-0.39, 0.29) is 80.3 Å². The molecule has 2 aromatic heterocycles. The van der Waals surface area contributed by atoms with Crippen LogP contribution in [0.15, 0.2) is 48.5 Å². The smallest absolute Gasteiger partial charge is 0.0597 e. The van der Waals surface area contributed by atoms with Gasteiger partial charge in [0.15, 0.2) is 0 Å². The van der Waals surface area contributed by atoms with Crippen molar-refractivity contribution in [1.29, 1.82) is 0 Å². The summed E-state index contributed by atoms with van der Waals surface area (Å²) in [6.07, 6.45) is 2.04. The largest absolute Gasteiger partial charge is 0.554 e. The van der Waals surface area contributed by atoms with Gasteiger partial charge in [-0.15, -0.1) is 0 Å². The zero-order valence-corrected chi connectivity index (χ0v) is 29.0. The molecule has 0 saturated heterocycles. The Hall–Kier alpha value is -0.432. The Bertz CT molecular complexity index is 1170. The van der Waals surface area contributed by atoms with Crippen LogP contribution in [0.3, 0.4) is 0 Å². The topological polar surface area (TPSA) is 56.5 Å². The Morgan fingerprint density at radius 3 is 1.84 bits per heavy atom. The fourth-order valence-electron chi connectivity index (χ4n) is 5.39. The summed E-state index contributed by atoms with van der Waals surface area (Å²) < 4.78 is 10.3. The summed E-state index contributed by atoms with van der Waals surface area (Å²) in [5.41, 5.74) is 7.98. The molecule has 2 unspecified atom stereocenters. The number of nitrogens with one attached hydrogen (secondary N) is 2. The van der Waals surface area contributed by atoms with Crippen LogP contribution in [-0.4, -0.2) is 59.2 Å². The molecule has 6 rings (SSSR count). The first-order valence-corrected chi connectivity index (χ1v) is 11.9. The maximum atomic E-state index is 5.26. The second kappa shape index (κ2) is 16.1. The van der Waals surface area contributed by atoms with Gasteiger partial charge in [0.1, 0.15) is 0 Å². The summed E-state index contributed by atoms with van der Waals surface area (Å²) in [7, 11) is 11.5. The van der Waals surface area contributed by atoms with Gasteiger partial charge in [0.2, 0.25) is 0 Å². The molecule has 38 heavy (non-hydrogen) atoms. The van der Waals surface area contributed by atoms with Crippen molar-refractivity contribution in [3.63, 3.8) is 0 Å².